The first-order valence-electron chi connectivity index (χ1n) is 28.7. The largest absolute Gasteiger partial charge is 0.454 e. The van der Waals surface area contributed by atoms with Gasteiger partial charge in [0.05, 0.1) is 81.3 Å². The average Bonchev–Trinajstić information content (AvgIpc) is 4.41. The minimum Gasteiger partial charge on any atom is -0.454 e. The molecule has 22 heteroatoms. The first-order valence-corrected chi connectivity index (χ1v) is 28.7. The van der Waals surface area contributed by atoms with E-state index in [4.69, 9.17) is 66.5 Å². The Balaban J connectivity index is 0.000000161. The number of amides is 2. The highest BCUT2D eigenvalue weighted by atomic mass is 16.7. The minimum atomic E-state index is -0.959. The van der Waals surface area contributed by atoms with Gasteiger partial charge in [-0.05, 0) is 105 Å². The second-order valence-electron chi connectivity index (χ2n) is 21.5. The zero-order valence-corrected chi connectivity index (χ0v) is 46.4. The van der Waals surface area contributed by atoms with Crippen LogP contribution in [0.3, 0.4) is 0 Å². The molecule has 8 heterocycles. The number of aliphatic hydroxyl groups excluding tert-OH is 2. The van der Waals surface area contributed by atoms with E-state index in [9.17, 15) is 19.8 Å². The van der Waals surface area contributed by atoms with E-state index in [1.54, 1.807) is 5.06 Å². The van der Waals surface area contributed by atoms with Crippen LogP contribution >= 0.6 is 0 Å². The van der Waals surface area contributed by atoms with Crippen LogP contribution in [0.2, 0.25) is 0 Å². The molecule has 6 fully saturated rings. The van der Waals surface area contributed by atoms with Gasteiger partial charge in [-0.1, -0.05) is 72.8 Å². The zero-order chi connectivity index (χ0) is 56.5. The molecule has 4 aromatic carbocycles. The van der Waals surface area contributed by atoms with E-state index in [1.807, 2.05) is 104 Å². The molecule has 0 radical (unpaired) electrons. The molecule has 6 saturated heterocycles. The number of aliphatic hydroxyl groups is 2. The molecule has 12 rings (SSSR count). The lowest BCUT2D eigenvalue weighted by atomic mass is 10.0. The standard InChI is InChI=1S/C30H38N2O9.C22H32N2O7.C8H8O2/c33-25(17-32(41-22-8-11-35-12-9-22)16-21-6-7-26-27(15-21)39-19-38-26)24(14-20-4-2-1-3-5-20)31-30(34)40-28-18-37-29-23(28)10-13-36-29;25-19(13-23-31-16-6-9-27-10-7-16)18(12-15-4-2-1-3-5-15)24-22(26)30-20-14-29-21-17(20)8-11-28-21;1-6-2-3-7-8(4-6)10-5-9-7/h1-7,15,22-25,28-29,33H,8-14,16-19H2,(H,31,34);1-5,16-21,23,25H,6-14H2,(H,24,26);2-4H,5H2,1H3. The van der Waals surface area contributed by atoms with Crippen LogP contribution in [-0.2, 0) is 67.0 Å². The van der Waals surface area contributed by atoms with Gasteiger partial charge in [0.15, 0.2) is 35.6 Å². The zero-order valence-electron chi connectivity index (χ0n) is 46.4. The molecule has 446 valence electrons. The van der Waals surface area contributed by atoms with E-state index in [2.05, 4.69) is 16.1 Å². The second-order valence-corrected chi connectivity index (χ2v) is 21.5. The fraction of sp³-hybridized carbons (Fsp3) is 0.567. The van der Waals surface area contributed by atoms with Gasteiger partial charge < -0.3 is 77.7 Å². The van der Waals surface area contributed by atoms with E-state index in [1.165, 1.54) is 5.56 Å². The Hall–Kier alpha value is -5.86. The van der Waals surface area contributed by atoms with Crippen molar-refractivity contribution in [1.82, 2.24) is 21.2 Å². The number of alkyl carbamates (subject to hydrolysis) is 2. The number of ether oxygens (including phenoxy) is 12. The smallest absolute Gasteiger partial charge is 0.407 e. The van der Waals surface area contributed by atoms with Gasteiger partial charge in [-0.3, -0.25) is 9.68 Å². The summed E-state index contributed by atoms with van der Waals surface area (Å²) in [5.74, 6) is 3.21. The number of carbonyl (C=O) groups excluding carboxylic acids is 2. The molecule has 10 unspecified atom stereocenters. The van der Waals surface area contributed by atoms with Crippen LogP contribution in [0.4, 0.5) is 9.59 Å². The van der Waals surface area contributed by atoms with Crippen molar-refractivity contribution in [2.45, 2.75) is 126 Å². The van der Waals surface area contributed by atoms with Crippen molar-refractivity contribution in [3.63, 3.8) is 0 Å². The van der Waals surface area contributed by atoms with Crippen LogP contribution in [0.25, 0.3) is 0 Å². The van der Waals surface area contributed by atoms with Gasteiger partial charge in [0.2, 0.25) is 13.6 Å². The lowest BCUT2D eigenvalue weighted by Gasteiger charge is -2.33. The monoisotopic (exact) mass is 1140 g/mol. The summed E-state index contributed by atoms with van der Waals surface area (Å²) in [5, 5.41) is 29.9. The van der Waals surface area contributed by atoms with Gasteiger partial charge in [0, 0.05) is 39.5 Å². The van der Waals surface area contributed by atoms with Gasteiger partial charge in [0.1, 0.15) is 12.2 Å². The maximum Gasteiger partial charge on any atom is 0.407 e. The first kappa shape index (κ1) is 59.3. The molecule has 8 aliphatic heterocycles. The summed E-state index contributed by atoms with van der Waals surface area (Å²) in [4.78, 5) is 37.7. The Morgan fingerprint density at radius 1 is 0.573 bits per heavy atom. The van der Waals surface area contributed by atoms with Gasteiger partial charge in [-0.2, -0.15) is 10.5 Å². The highest BCUT2D eigenvalue weighted by molar-refractivity contribution is 5.68. The summed E-state index contributed by atoms with van der Waals surface area (Å²) in [6.45, 7) is 7.80. The Kier molecular flexibility index (Phi) is 21.8. The third kappa shape index (κ3) is 17.1. The van der Waals surface area contributed by atoms with E-state index in [-0.39, 0.29) is 68.7 Å². The SMILES string of the molecule is Cc1ccc2c(c1)OCO2.O=C(NC(Cc1ccccc1)C(O)CN(Cc1ccc2c(c1)OCO2)OC1CCOCC1)OC1COC2OCCC12.O=C(NC(Cc1ccccc1)C(O)CNOC1CCOCC1)OC1COC2OCCC12. The van der Waals surface area contributed by atoms with Crippen LogP contribution in [0.1, 0.15) is 60.8 Å². The fourth-order valence-electron chi connectivity index (χ4n) is 11.0. The predicted octanol–water partition coefficient (Wildman–Crippen LogP) is 5.66. The highest BCUT2D eigenvalue weighted by Crippen LogP contribution is 2.36. The van der Waals surface area contributed by atoms with Gasteiger partial charge in [-0.25, -0.2) is 9.59 Å². The van der Waals surface area contributed by atoms with Crippen LogP contribution in [-0.4, -0.2) is 168 Å². The van der Waals surface area contributed by atoms with Gasteiger partial charge >= 0.3 is 12.2 Å². The van der Waals surface area contributed by atoms with E-state index in [0.29, 0.717) is 90.5 Å². The minimum absolute atomic E-state index is 0.0283. The fourth-order valence-corrected chi connectivity index (χ4v) is 11.0. The molecule has 10 atom stereocenters. The van der Waals surface area contributed by atoms with E-state index < -0.39 is 36.5 Å². The molecule has 2 amide bonds. The number of hydroxylamine groups is 3. The summed E-state index contributed by atoms with van der Waals surface area (Å²) >= 11 is 0. The maximum absolute atomic E-state index is 13.1. The first-order chi connectivity index (χ1) is 40.1. The number of nitrogens with zero attached hydrogens (tertiary/aromatic N) is 1. The maximum atomic E-state index is 13.1. The summed E-state index contributed by atoms with van der Waals surface area (Å²) in [6, 6.07) is 30.0. The number of benzene rings is 4. The molecule has 0 aliphatic carbocycles. The van der Waals surface area contributed by atoms with Crippen LogP contribution in [0, 0.1) is 18.8 Å². The molecule has 22 nitrogen and oxygen atoms in total. The molecule has 0 bridgehead atoms. The van der Waals surface area contributed by atoms with Crippen molar-refractivity contribution in [2.75, 3.05) is 79.5 Å². The third-order valence-electron chi connectivity index (χ3n) is 15.5. The van der Waals surface area contributed by atoms with Crippen LogP contribution in [0.15, 0.2) is 97.1 Å². The number of hydrogen-bond acceptors (Lipinski definition) is 20. The van der Waals surface area contributed by atoms with Gasteiger partial charge in [0.25, 0.3) is 0 Å². The number of nitrogens with one attached hydrogen (secondary N) is 3. The average molecular weight is 1140 g/mol. The third-order valence-corrected chi connectivity index (χ3v) is 15.5. The number of fused-ring (bicyclic) bond motifs is 4. The van der Waals surface area contributed by atoms with Crippen LogP contribution < -0.4 is 35.1 Å². The normalized spacial score (nSPS) is 24.9. The van der Waals surface area contributed by atoms with Crippen molar-refractivity contribution < 1.29 is 86.3 Å². The predicted molar refractivity (Wildman–Crippen MR) is 292 cm³/mol. The number of carbonyl (C=O) groups is 2. The van der Waals surface area contributed by atoms with Crippen molar-refractivity contribution in [3.05, 3.63) is 119 Å². The topological polar surface area (TPSA) is 243 Å². The molecule has 0 aromatic heterocycles. The quantitative estimate of drug-likeness (QED) is 0.0671. The lowest BCUT2D eigenvalue weighted by molar-refractivity contribution is -0.231. The van der Waals surface area contributed by atoms with Crippen molar-refractivity contribution in [1.29, 1.82) is 0 Å². The molecular formula is C60H78N4O18. The van der Waals surface area contributed by atoms with Crippen molar-refractivity contribution in [2.24, 2.45) is 11.8 Å². The highest BCUT2D eigenvalue weighted by Gasteiger charge is 2.45. The van der Waals surface area contributed by atoms with Crippen molar-refractivity contribution in [3.8, 4) is 23.0 Å². The summed E-state index contributed by atoms with van der Waals surface area (Å²) < 4.78 is 65.7. The molecule has 4 aromatic rings. The molecule has 0 saturated carbocycles. The Bertz CT molecular complexity index is 2600. The van der Waals surface area contributed by atoms with Crippen LogP contribution in [0.5, 0.6) is 23.0 Å². The number of rotatable bonds is 20. The molecule has 0 spiro atoms. The Morgan fingerprint density at radius 3 is 1.66 bits per heavy atom. The van der Waals surface area contributed by atoms with E-state index in [0.717, 1.165) is 66.7 Å². The molecule has 5 N–H and O–H groups in total. The summed E-state index contributed by atoms with van der Waals surface area (Å²) in [5.41, 5.74) is 7.01. The number of aryl methyl sites for hydroxylation is 1. The van der Waals surface area contributed by atoms with E-state index >= 15 is 0 Å². The Labute approximate surface area is 478 Å². The lowest BCUT2D eigenvalue weighted by Crippen LogP contribution is -2.51. The molecule has 82 heavy (non-hydrogen) atoms. The Morgan fingerprint density at radius 2 is 1.09 bits per heavy atom. The van der Waals surface area contributed by atoms with Crippen molar-refractivity contribution >= 4 is 12.2 Å². The summed E-state index contributed by atoms with van der Waals surface area (Å²) in [6.07, 6.45) is 1.40. The second kappa shape index (κ2) is 30.1. The van der Waals surface area contributed by atoms with Gasteiger partial charge in [-0.15, -0.1) is 0 Å². The summed E-state index contributed by atoms with van der Waals surface area (Å²) in [7, 11) is 0. The molecular weight excluding hydrogens is 1060 g/mol. The molecule has 8 aliphatic rings. The number of hydrogen-bond donors (Lipinski definition) is 5.